The molecule has 4 aliphatic rings. The van der Waals surface area contributed by atoms with Crippen LogP contribution in [0.15, 0.2) is 0 Å². The molecule has 4 fully saturated rings. The Labute approximate surface area is 455 Å². The maximum Gasteiger partial charge on any atom is 1.00 e. The number of fused-ring (bicyclic) bond motifs is 5. The summed E-state index contributed by atoms with van der Waals surface area (Å²) >= 11 is 0. The minimum atomic E-state index is -5.22. The molecular formula is C24H38K4O16S4. The smallest absolute Gasteiger partial charge is 0.726 e. The second-order valence-corrected chi connectivity index (χ2v) is 17.4. The summed E-state index contributed by atoms with van der Waals surface area (Å²) in [6.45, 7) is 5.19. The zero-order chi connectivity index (χ0) is 33.1. The van der Waals surface area contributed by atoms with Crippen molar-refractivity contribution in [2.24, 2.45) is 46.3 Å². The first-order valence-corrected chi connectivity index (χ1v) is 19.8. The van der Waals surface area contributed by atoms with E-state index >= 15 is 0 Å². The van der Waals surface area contributed by atoms with Gasteiger partial charge in [0, 0.05) is 5.41 Å². The molecule has 11 atom stereocenters. The fraction of sp³-hybridized carbons (Fsp3) is 1.00. The molecule has 0 bridgehead atoms. The summed E-state index contributed by atoms with van der Waals surface area (Å²) in [6, 6.07) is 0. The van der Waals surface area contributed by atoms with Crippen LogP contribution >= 0.6 is 0 Å². The molecule has 0 aliphatic heterocycles. The van der Waals surface area contributed by atoms with Gasteiger partial charge in [0.25, 0.3) is 0 Å². The van der Waals surface area contributed by atoms with Gasteiger partial charge in [0.15, 0.2) is 0 Å². The molecule has 0 heterocycles. The minimum Gasteiger partial charge on any atom is -0.726 e. The first-order valence-electron chi connectivity index (χ1n) is 14.5. The van der Waals surface area contributed by atoms with Crippen molar-refractivity contribution in [2.75, 3.05) is 6.61 Å². The summed E-state index contributed by atoms with van der Waals surface area (Å²) < 4.78 is 158. The van der Waals surface area contributed by atoms with E-state index in [0.717, 1.165) is 0 Å². The topological polar surface area (TPSA) is 266 Å². The van der Waals surface area contributed by atoms with Crippen LogP contribution in [-0.2, 0) is 58.3 Å². The van der Waals surface area contributed by atoms with Crippen LogP contribution in [-0.4, -0.2) is 76.8 Å². The predicted octanol–water partition coefficient (Wildman–Crippen LogP) is -10.7. The fourth-order valence-corrected chi connectivity index (χ4v) is 11.5. The van der Waals surface area contributed by atoms with Gasteiger partial charge < -0.3 is 18.2 Å². The van der Waals surface area contributed by atoms with E-state index in [-0.39, 0.29) is 256 Å². The van der Waals surface area contributed by atoms with E-state index in [4.69, 9.17) is 12.5 Å². The summed E-state index contributed by atoms with van der Waals surface area (Å²) in [7, 11) is -20.3. The van der Waals surface area contributed by atoms with Crippen LogP contribution in [0, 0.1) is 46.3 Å². The first-order chi connectivity index (χ1) is 19.9. The predicted molar refractivity (Wildman–Crippen MR) is 144 cm³/mol. The molecule has 0 aromatic rings. The Morgan fingerprint density at radius 3 is 1.79 bits per heavy atom. The third-order valence-electron chi connectivity index (χ3n) is 11.2. The van der Waals surface area contributed by atoms with Crippen LogP contribution in [0.4, 0.5) is 0 Å². The van der Waals surface area contributed by atoms with Crippen molar-refractivity contribution < 1.29 is 274 Å². The number of hydrogen-bond donors (Lipinski definition) is 0. The van der Waals surface area contributed by atoms with Crippen molar-refractivity contribution in [3.05, 3.63) is 0 Å². The van der Waals surface area contributed by atoms with Gasteiger partial charge in [-0.1, -0.05) is 20.8 Å². The van der Waals surface area contributed by atoms with Gasteiger partial charge >= 0.3 is 206 Å². The monoisotopic (exact) mass is 866 g/mol. The Balaban J connectivity index is 0.00000552. The van der Waals surface area contributed by atoms with Crippen LogP contribution in [0.3, 0.4) is 0 Å². The third-order valence-corrected chi connectivity index (χ3v) is 13.1. The van der Waals surface area contributed by atoms with E-state index in [1.165, 1.54) is 0 Å². The largest absolute Gasteiger partial charge is 1.00 e. The van der Waals surface area contributed by atoms with Gasteiger partial charge in [0.1, 0.15) is 0 Å². The first kappa shape index (κ1) is 54.0. The second kappa shape index (κ2) is 20.8. The van der Waals surface area contributed by atoms with Crippen molar-refractivity contribution in [1.29, 1.82) is 0 Å². The summed E-state index contributed by atoms with van der Waals surface area (Å²) in [5.41, 5.74) is -1.68. The number of hydrogen-bond acceptors (Lipinski definition) is 16. The average molecular weight is 867 g/mol. The standard InChI is InChI=1S/C24H42O16S4.4K/c1-14(5-4-10-37-41(25,26)27)17-6-7-18-22-19(13-21(24(17,18)3)40-44(34,35)36)23(2)9-8-16(38-42(28,29)30)11-15(23)12-20(22)39-43(31,32)33;;;;/h14-22H,4-13H2,1-3H3,(H,25,26,27)(H,28,29,30)(H,31,32,33)(H,34,35,36);;;;/q;4*+1/p-4. The maximum atomic E-state index is 12.0. The molecule has 24 heteroatoms. The molecule has 4 saturated carbocycles. The molecule has 0 radical (unpaired) electrons. The zero-order valence-electron chi connectivity index (χ0n) is 28.4. The molecule has 4 rings (SSSR count). The summed E-state index contributed by atoms with van der Waals surface area (Å²) in [5, 5.41) is 0. The van der Waals surface area contributed by atoms with E-state index in [0.29, 0.717) is 25.7 Å². The van der Waals surface area contributed by atoms with Crippen molar-refractivity contribution >= 4 is 41.6 Å². The Hall–Kier alpha value is 6.03. The fourth-order valence-electron chi connectivity index (χ4n) is 9.62. The van der Waals surface area contributed by atoms with E-state index in [1.54, 1.807) is 6.92 Å². The van der Waals surface area contributed by atoms with Crippen LogP contribution in [0.2, 0.25) is 0 Å². The molecule has 11 unspecified atom stereocenters. The molecule has 4 aliphatic carbocycles. The second-order valence-electron chi connectivity index (χ2n) is 13.3. The maximum absolute atomic E-state index is 12.0. The van der Waals surface area contributed by atoms with Gasteiger partial charge in [-0.25, -0.2) is 33.7 Å². The Kier molecular flexibility index (Phi) is 23.4. The molecule has 0 aromatic heterocycles. The average Bonchev–Trinajstić information content (AvgIpc) is 3.18. The van der Waals surface area contributed by atoms with Gasteiger partial charge in [-0.3, -0.25) is 16.7 Å². The molecule has 0 N–H and O–H groups in total. The van der Waals surface area contributed by atoms with Crippen molar-refractivity contribution in [3.8, 4) is 0 Å². The molecule has 0 saturated heterocycles. The SMILES string of the molecule is CC(CCCOS(=O)(=O)[O-])C1CCC2C3C(OS(=O)(=O)[O-])CC4CC(OS(=O)(=O)[O-])CCC4(C)C3CC(OS(=O)(=O)[O-])C12C.[K+].[K+].[K+].[K+]. The van der Waals surface area contributed by atoms with E-state index < -0.39 is 94.4 Å². The molecule has 0 spiro atoms. The molecule has 0 aromatic carbocycles. The van der Waals surface area contributed by atoms with Crippen molar-refractivity contribution in [2.45, 2.75) is 96.9 Å². The van der Waals surface area contributed by atoms with Crippen molar-refractivity contribution in [3.63, 3.8) is 0 Å². The zero-order valence-corrected chi connectivity index (χ0v) is 44.2. The van der Waals surface area contributed by atoms with Gasteiger partial charge in [-0.15, -0.1) is 0 Å². The summed E-state index contributed by atoms with van der Waals surface area (Å²) in [5.74, 6) is -2.50. The Morgan fingerprint density at radius 2 is 1.27 bits per heavy atom. The Bertz CT molecular complexity index is 1520. The Morgan fingerprint density at radius 1 is 0.708 bits per heavy atom. The molecule has 16 nitrogen and oxygen atoms in total. The van der Waals surface area contributed by atoms with Crippen LogP contribution in [0.25, 0.3) is 0 Å². The van der Waals surface area contributed by atoms with E-state index in [2.05, 4.69) is 4.18 Å². The molecule has 48 heavy (non-hydrogen) atoms. The van der Waals surface area contributed by atoms with Gasteiger partial charge in [0.2, 0.25) is 41.6 Å². The minimum absolute atomic E-state index is 0. The van der Waals surface area contributed by atoms with Gasteiger partial charge in [-0.05, 0) is 98.7 Å². The van der Waals surface area contributed by atoms with Crippen LogP contribution in [0.5, 0.6) is 0 Å². The van der Waals surface area contributed by atoms with Crippen LogP contribution < -0.4 is 206 Å². The summed E-state index contributed by atoms with van der Waals surface area (Å²) in [4.78, 5) is 0. The third kappa shape index (κ3) is 14.1. The van der Waals surface area contributed by atoms with Gasteiger partial charge in [0.05, 0.1) is 24.9 Å². The molecule has 258 valence electrons. The van der Waals surface area contributed by atoms with Gasteiger partial charge in [-0.2, -0.15) is 0 Å². The quantitative estimate of drug-likeness (QED) is 0.0763. The van der Waals surface area contributed by atoms with E-state index in [1.807, 2.05) is 13.8 Å². The normalized spacial score (nSPS) is 37.1. The van der Waals surface area contributed by atoms with E-state index in [9.17, 15) is 51.9 Å². The summed E-state index contributed by atoms with van der Waals surface area (Å²) in [6.07, 6.45) is -1.13. The molecule has 0 amide bonds. The van der Waals surface area contributed by atoms with Crippen molar-refractivity contribution in [1.82, 2.24) is 0 Å². The van der Waals surface area contributed by atoms with Crippen LogP contribution in [0.1, 0.15) is 78.6 Å². The number of rotatable bonds is 12. The molecular weight excluding hydrogens is 829 g/mol.